The fourth-order valence-electron chi connectivity index (χ4n) is 3.86. The Kier molecular flexibility index (Phi) is 6.61. The first-order chi connectivity index (χ1) is 14.3. The highest BCUT2D eigenvalue weighted by molar-refractivity contribution is 5.77. The molecule has 1 aromatic heterocycles. The van der Waals surface area contributed by atoms with Crippen LogP contribution >= 0.6 is 0 Å². The second-order valence-corrected chi connectivity index (χ2v) is 7.62. The SMILES string of the molecule is CNC(=O)CN1CCN(c2c(C)cc(-c3cn(CNC(C)=O)oc3=O)cc2C)CC1. The van der Waals surface area contributed by atoms with E-state index in [1.54, 1.807) is 13.2 Å². The number of nitrogens with zero attached hydrogens (tertiary/aromatic N) is 3. The third kappa shape index (κ3) is 4.91. The summed E-state index contributed by atoms with van der Waals surface area (Å²) in [6.45, 7) is 9.35. The van der Waals surface area contributed by atoms with E-state index in [-0.39, 0.29) is 18.5 Å². The molecule has 0 aliphatic carbocycles. The topological polar surface area (TPSA) is 99.8 Å². The second-order valence-electron chi connectivity index (χ2n) is 7.62. The standard InChI is InChI=1S/C21H29N5O4/c1-14-9-17(18-11-26(30-21(18)29)13-23-16(3)27)10-15(2)20(14)25-7-5-24(6-8-25)12-19(28)22-4/h9-11H,5-8,12-13H2,1-4H3,(H,22,28)(H,23,27). The van der Waals surface area contributed by atoms with Crippen LogP contribution in [0.5, 0.6) is 0 Å². The molecule has 0 atom stereocenters. The van der Waals surface area contributed by atoms with Crippen LogP contribution in [0, 0.1) is 13.8 Å². The van der Waals surface area contributed by atoms with Gasteiger partial charge in [-0.2, -0.15) is 4.74 Å². The molecule has 1 aromatic carbocycles. The first-order valence-corrected chi connectivity index (χ1v) is 10.0. The Labute approximate surface area is 175 Å². The van der Waals surface area contributed by atoms with E-state index in [1.165, 1.54) is 17.4 Å². The number of aryl methyl sites for hydroxylation is 2. The van der Waals surface area contributed by atoms with Gasteiger partial charge in [0.15, 0.2) is 0 Å². The van der Waals surface area contributed by atoms with Gasteiger partial charge in [0.25, 0.3) is 0 Å². The monoisotopic (exact) mass is 415 g/mol. The molecular weight excluding hydrogens is 386 g/mol. The smallest absolute Gasteiger partial charge is 0.365 e. The molecule has 3 rings (SSSR count). The van der Waals surface area contributed by atoms with Crippen molar-refractivity contribution in [1.29, 1.82) is 0 Å². The fourth-order valence-corrected chi connectivity index (χ4v) is 3.86. The number of hydrogen-bond acceptors (Lipinski definition) is 6. The molecule has 1 fully saturated rings. The predicted octanol–water partition coefficient (Wildman–Crippen LogP) is 0.687. The molecule has 0 bridgehead atoms. The lowest BCUT2D eigenvalue weighted by Gasteiger charge is -2.37. The lowest BCUT2D eigenvalue weighted by molar-refractivity contribution is -0.122. The number of carbonyl (C=O) groups is 2. The largest absolute Gasteiger partial charge is 0.369 e. The first-order valence-electron chi connectivity index (χ1n) is 10.0. The van der Waals surface area contributed by atoms with E-state index in [2.05, 4.69) is 20.4 Å². The molecule has 1 saturated heterocycles. The third-order valence-corrected chi connectivity index (χ3v) is 5.31. The molecule has 0 unspecified atom stereocenters. The summed E-state index contributed by atoms with van der Waals surface area (Å²) in [6, 6.07) is 3.99. The number of aromatic nitrogens is 1. The maximum atomic E-state index is 12.3. The number of piperazine rings is 1. The zero-order chi connectivity index (χ0) is 21.8. The number of hydrogen-bond donors (Lipinski definition) is 2. The van der Waals surface area contributed by atoms with Crippen molar-refractivity contribution in [2.24, 2.45) is 0 Å². The minimum absolute atomic E-state index is 0.0319. The summed E-state index contributed by atoms with van der Waals surface area (Å²) < 4.78 is 6.52. The summed E-state index contributed by atoms with van der Waals surface area (Å²) in [5.74, 6) is -0.163. The van der Waals surface area contributed by atoms with E-state index in [4.69, 9.17) is 4.52 Å². The highest BCUT2D eigenvalue weighted by Crippen LogP contribution is 2.30. The number of nitrogens with one attached hydrogen (secondary N) is 2. The van der Waals surface area contributed by atoms with Crippen LogP contribution < -0.4 is 21.2 Å². The molecule has 9 nitrogen and oxygen atoms in total. The van der Waals surface area contributed by atoms with E-state index in [1.807, 2.05) is 26.0 Å². The van der Waals surface area contributed by atoms with Crippen molar-refractivity contribution in [1.82, 2.24) is 20.3 Å². The van der Waals surface area contributed by atoms with Crippen molar-refractivity contribution in [3.8, 4) is 11.1 Å². The van der Waals surface area contributed by atoms with E-state index in [9.17, 15) is 14.4 Å². The van der Waals surface area contributed by atoms with Gasteiger partial charge in [-0.25, -0.2) is 4.79 Å². The van der Waals surface area contributed by atoms with Crippen LogP contribution in [0.25, 0.3) is 11.1 Å². The Morgan fingerprint density at radius 1 is 1.10 bits per heavy atom. The molecule has 9 heteroatoms. The zero-order valence-corrected chi connectivity index (χ0v) is 17.9. The average Bonchev–Trinajstić information content (AvgIpc) is 3.07. The minimum Gasteiger partial charge on any atom is -0.369 e. The second kappa shape index (κ2) is 9.17. The van der Waals surface area contributed by atoms with Crippen LogP contribution in [-0.4, -0.2) is 61.2 Å². The van der Waals surface area contributed by atoms with Crippen molar-refractivity contribution in [2.45, 2.75) is 27.4 Å². The summed E-state index contributed by atoms with van der Waals surface area (Å²) >= 11 is 0. The molecule has 162 valence electrons. The molecule has 30 heavy (non-hydrogen) atoms. The minimum atomic E-state index is -0.435. The Morgan fingerprint density at radius 2 is 1.73 bits per heavy atom. The number of anilines is 1. The summed E-state index contributed by atoms with van der Waals surface area (Å²) in [7, 11) is 1.65. The Bertz CT molecular complexity index is 963. The lowest BCUT2D eigenvalue weighted by atomic mass is 9.99. The number of likely N-dealkylation sites (N-methyl/N-ethyl adjacent to an activating group) is 1. The predicted molar refractivity (Wildman–Crippen MR) is 114 cm³/mol. The molecular formula is C21H29N5O4. The van der Waals surface area contributed by atoms with Crippen molar-refractivity contribution in [3.05, 3.63) is 39.9 Å². The van der Waals surface area contributed by atoms with Gasteiger partial charge in [-0.1, -0.05) is 0 Å². The molecule has 1 aliphatic heterocycles. The van der Waals surface area contributed by atoms with Crippen LogP contribution in [0.2, 0.25) is 0 Å². The molecule has 1 aliphatic rings. The van der Waals surface area contributed by atoms with Crippen LogP contribution in [-0.2, 0) is 16.3 Å². The summed E-state index contributed by atoms with van der Waals surface area (Å²) in [5.41, 5.74) is 4.16. The molecule has 2 aromatic rings. The molecule has 0 radical (unpaired) electrons. The van der Waals surface area contributed by atoms with Crippen LogP contribution in [0.3, 0.4) is 0 Å². The van der Waals surface area contributed by atoms with E-state index in [0.717, 1.165) is 42.9 Å². The quantitative estimate of drug-likeness (QED) is 0.720. The normalized spacial score (nSPS) is 14.6. The number of amides is 2. The van der Waals surface area contributed by atoms with Crippen molar-refractivity contribution >= 4 is 17.5 Å². The van der Waals surface area contributed by atoms with Crippen molar-refractivity contribution < 1.29 is 14.1 Å². The number of carbonyl (C=O) groups excluding carboxylic acids is 2. The van der Waals surface area contributed by atoms with Gasteiger partial charge in [-0.3, -0.25) is 14.5 Å². The number of rotatable bonds is 6. The van der Waals surface area contributed by atoms with Gasteiger partial charge in [-0.15, -0.1) is 0 Å². The summed E-state index contributed by atoms with van der Waals surface area (Å²) in [6.07, 6.45) is 1.61. The van der Waals surface area contributed by atoms with Gasteiger partial charge >= 0.3 is 5.63 Å². The summed E-state index contributed by atoms with van der Waals surface area (Å²) in [5, 5.41) is 5.27. The van der Waals surface area contributed by atoms with Gasteiger partial charge in [0.2, 0.25) is 11.8 Å². The van der Waals surface area contributed by atoms with E-state index < -0.39 is 5.63 Å². The summed E-state index contributed by atoms with van der Waals surface area (Å²) in [4.78, 5) is 39.4. The van der Waals surface area contributed by atoms with Crippen molar-refractivity contribution in [3.63, 3.8) is 0 Å². The molecule has 2 amide bonds. The Hall–Kier alpha value is -3.07. The average molecular weight is 415 g/mol. The molecule has 0 spiro atoms. The first kappa shape index (κ1) is 21.6. The molecule has 2 N–H and O–H groups in total. The van der Waals surface area contributed by atoms with Crippen LogP contribution in [0.1, 0.15) is 18.1 Å². The maximum absolute atomic E-state index is 12.3. The van der Waals surface area contributed by atoms with Gasteiger partial charge < -0.3 is 20.1 Å². The maximum Gasteiger partial charge on any atom is 0.365 e. The van der Waals surface area contributed by atoms with Crippen LogP contribution in [0.4, 0.5) is 5.69 Å². The lowest BCUT2D eigenvalue weighted by Crippen LogP contribution is -2.49. The van der Waals surface area contributed by atoms with Crippen molar-refractivity contribution in [2.75, 3.05) is 44.7 Å². The van der Waals surface area contributed by atoms with Crippen LogP contribution in [0.15, 0.2) is 27.6 Å². The number of benzene rings is 1. The van der Waals surface area contributed by atoms with E-state index >= 15 is 0 Å². The van der Waals surface area contributed by atoms with E-state index in [0.29, 0.717) is 12.1 Å². The van der Waals surface area contributed by atoms with Gasteiger partial charge in [0.05, 0.1) is 18.3 Å². The molecule has 2 heterocycles. The fraction of sp³-hybridized carbons (Fsp3) is 0.476. The van der Waals surface area contributed by atoms with Gasteiger partial charge in [0, 0.05) is 45.8 Å². The third-order valence-electron chi connectivity index (χ3n) is 5.31. The van der Waals surface area contributed by atoms with Gasteiger partial charge in [0.1, 0.15) is 6.67 Å². The highest BCUT2D eigenvalue weighted by atomic mass is 16.5. The Balaban J connectivity index is 1.76. The highest BCUT2D eigenvalue weighted by Gasteiger charge is 2.22. The molecule has 0 saturated carbocycles. The zero-order valence-electron chi connectivity index (χ0n) is 17.9. The van der Waals surface area contributed by atoms with Gasteiger partial charge in [-0.05, 0) is 42.7 Å². The Morgan fingerprint density at radius 3 is 2.30 bits per heavy atom.